The van der Waals surface area contributed by atoms with Gasteiger partial charge in [-0.15, -0.1) is 0 Å². The molecule has 0 radical (unpaired) electrons. The second-order valence-electron chi connectivity index (χ2n) is 6.65. The number of nitrogens with zero attached hydrogens (tertiary/aromatic N) is 1. The van der Waals surface area contributed by atoms with Gasteiger partial charge in [-0.05, 0) is 44.6 Å². The van der Waals surface area contributed by atoms with Crippen LogP contribution >= 0.6 is 0 Å². The lowest BCUT2D eigenvalue weighted by Gasteiger charge is -2.34. The average molecular weight is 301 g/mol. The fourth-order valence-electron chi connectivity index (χ4n) is 4.57. The summed E-state index contributed by atoms with van der Waals surface area (Å²) in [5.41, 5.74) is 1.13. The molecule has 0 saturated carbocycles. The quantitative estimate of drug-likeness (QED) is 0.754. The Balaban J connectivity index is 1.71. The van der Waals surface area contributed by atoms with Gasteiger partial charge in [-0.25, -0.2) is 0 Å². The number of hydrogen-bond donors (Lipinski definition) is 0. The third-order valence-corrected chi connectivity index (χ3v) is 5.69. The molecule has 1 aromatic rings. The fraction of sp³-hybridized carbons (Fsp3) is 0.632. The monoisotopic (exact) mass is 301 g/mol. The molecule has 0 N–H and O–H groups in total. The van der Waals surface area contributed by atoms with Gasteiger partial charge in [-0.1, -0.05) is 37.3 Å². The Labute approximate surface area is 133 Å². The van der Waals surface area contributed by atoms with Crippen molar-refractivity contribution in [2.24, 2.45) is 5.41 Å². The standard InChI is InChI=1S/C19H27NO2/c1-3-19(18(21)22-4-2)14-16-10-11-17(19)20(16)13-12-15-8-6-5-7-9-15/h5-9,16-17H,3-4,10-14H2,1-2H3/t16-,17+,19+/m0/s1. The Morgan fingerprint density at radius 1 is 1.27 bits per heavy atom. The van der Waals surface area contributed by atoms with Gasteiger partial charge < -0.3 is 4.74 Å². The van der Waals surface area contributed by atoms with E-state index >= 15 is 0 Å². The van der Waals surface area contributed by atoms with E-state index in [0.717, 1.165) is 32.2 Å². The van der Waals surface area contributed by atoms with Crippen LogP contribution in [0.1, 0.15) is 45.1 Å². The molecule has 2 bridgehead atoms. The minimum Gasteiger partial charge on any atom is -0.466 e. The van der Waals surface area contributed by atoms with E-state index in [1.165, 1.54) is 12.0 Å². The average Bonchev–Trinajstić information content (AvgIpc) is 3.09. The summed E-state index contributed by atoms with van der Waals surface area (Å²) in [4.78, 5) is 15.1. The van der Waals surface area contributed by atoms with Crippen LogP contribution in [0.3, 0.4) is 0 Å². The maximum atomic E-state index is 12.6. The molecule has 0 aliphatic carbocycles. The Bertz CT molecular complexity index is 515. The van der Waals surface area contributed by atoms with E-state index in [1.54, 1.807) is 0 Å². The normalized spacial score (nSPS) is 30.6. The van der Waals surface area contributed by atoms with Crippen LogP contribution in [0.15, 0.2) is 30.3 Å². The van der Waals surface area contributed by atoms with Crippen molar-refractivity contribution < 1.29 is 9.53 Å². The minimum atomic E-state index is -0.254. The number of fused-ring (bicyclic) bond motifs is 2. The van der Waals surface area contributed by atoms with Crippen LogP contribution in [0.25, 0.3) is 0 Å². The Morgan fingerprint density at radius 3 is 2.73 bits per heavy atom. The van der Waals surface area contributed by atoms with Crippen molar-refractivity contribution in [1.82, 2.24) is 4.90 Å². The van der Waals surface area contributed by atoms with Gasteiger partial charge in [0.2, 0.25) is 0 Å². The van der Waals surface area contributed by atoms with Crippen molar-refractivity contribution in [1.29, 1.82) is 0 Å². The predicted octanol–water partition coefficient (Wildman–Crippen LogP) is 3.43. The second-order valence-corrected chi connectivity index (χ2v) is 6.65. The van der Waals surface area contributed by atoms with Crippen molar-refractivity contribution in [3.63, 3.8) is 0 Å². The van der Waals surface area contributed by atoms with Crippen molar-refractivity contribution >= 4 is 5.97 Å². The van der Waals surface area contributed by atoms with Gasteiger partial charge in [0.25, 0.3) is 0 Å². The summed E-state index contributed by atoms with van der Waals surface area (Å²) in [5.74, 6) is 0.0365. The summed E-state index contributed by atoms with van der Waals surface area (Å²) in [6, 6.07) is 11.6. The highest BCUT2D eigenvalue weighted by atomic mass is 16.5. The summed E-state index contributed by atoms with van der Waals surface area (Å²) in [7, 11) is 0. The molecule has 22 heavy (non-hydrogen) atoms. The zero-order chi connectivity index (χ0) is 15.6. The summed E-state index contributed by atoms with van der Waals surface area (Å²) >= 11 is 0. The van der Waals surface area contributed by atoms with Crippen LogP contribution in [0, 0.1) is 5.41 Å². The molecule has 3 heteroatoms. The first-order valence-electron chi connectivity index (χ1n) is 8.68. The maximum Gasteiger partial charge on any atom is 0.313 e. The Morgan fingerprint density at radius 2 is 2.05 bits per heavy atom. The largest absolute Gasteiger partial charge is 0.466 e. The molecule has 1 aromatic carbocycles. The molecule has 2 aliphatic rings. The highest BCUT2D eigenvalue weighted by Crippen LogP contribution is 2.52. The lowest BCUT2D eigenvalue weighted by Crippen LogP contribution is -2.44. The fourth-order valence-corrected chi connectivity index (χ4v) is 4.57. The zero-order valence-electron chi connectivity index (χ0n) is 13.8. The Kier molecular flexibility index (Phi) is 4.53. The van der Waals surface area contributed by atoms with Crippen LogP contribution in [0.2, 0.25) is 0 Å². The molecule has 120 valence electrons. The summed E-state index contributed by atoms with van der Waals surface area (Å²) < 4.78 is 5.42. The van der Waals surface area contributed by atoms with Crippen LogP contribution < -0.4 is 0 Å². The molecule has 0 spiro atoms. The summed E-state index contributed by atoms with van der Waals surface area (Å²) in [5, 5.41) is 0. The van der Waals surface area contributed by atoms with Gasteiger partial charge in [0.1, 0.15) is 0 Å². The van der Waals surface area contributed by atoms with Crippen LogP contribution in [-0.2, 0) is 16.0 Å². The topological polar surface area (TPSA) is 29.5 Å². The van der Waals surface area contributed by atoms with Crippen molar-refractivity contribution in [2.75, 3.05) is 13.2 Å². The number of esters is 1. The van der Waals surface area contributed by atoms with Crippen LogP contribution in [-0.4, -0.2) is 36.1 Å². The van der Waals surface area contributed by atoms with Gasteiger partial charge in [0, 0.05) is 18.6 Å². The second kappa shape index (κ2) is 6.41. The van der Waals surface area contributed by atoms with Gasteiger partial charge >= 0.3 is 5.97 Å². The molecule has 3 rings (SSSR count). The summed E-state index contributed by atoms with van der Waals surface area (Å²) in [6.45, 7) is 5.59. The zero-order valence-corrected chi connectivity index (χ0v) is 13.8. The van der Waals surface area contributed by atoms with Crippen molar-refractivity contribution in [3.8, 4) is 0 Å². The molecule has 2 saturated heterocycles. The van der Waals surface area contributed by atoms with E-state index in [2.05, 4.69) is 42.2 Å². The number of ether oxygens (including phenoxy) is 1. The maximum absolute atomic E-state index is 12.6. The van der Waals surface area contributed by atoms with Crippen LogP contribution in [0.4, 0.5) is 0 Å². The smallest absolute Gasteiger partial charge is 0.313 e. The number of benzene rings is 1. The van der Waals surface area contributed by atoms with E-state index in [0.29, 0.717) is 18.7 Å². The molecule has 2 fully saturated rings. The first-order chi connectivity index (χ1) is 10.7. The van der Waals surface area contributed by atoms with Gasteiger partial charge in [0.15, 0.2) is 0 Å². The lowest BCUT2D eigenvalue weighted by atomic mass is 9.72. The molecule has 3 atom stereocenters. The van der Waals surface area contributed by atoms with Crippen molar-refractivity contribution in [3.05, 3.63) is 35.9 Å². The highest BCUT2D eigenvalue weighted by Gasteiger charge is 2.59. The first kappa shape index (κ1) is 15.5. The molecule has 0 aromatic heterocycles. The third kappa shape index (κ3) is 2.56. The lowest BCUT2D eigenvalue weighted by molar-refractivity contribution is -0.157. The van der Waals surface area contributed by atoms with E-state index in [9.17, 15) is 4.79 Å². The third-order valence-electron chi connectivity index (χ3n) is 5.69. The van der Waals surface area contributed by atoms with Gasteiger partial charge in [-0.2, -0.15) is 0 Å². The SMILES string of the molecule is CCOC(=O)[C@]1(CC)C[C@@H]2CC[C@H]1N2CCc1ccccc1. The molecule has 0 unspecified atom stereocenters. The predicted molar refractivity (Wildman–Crippen MR) is 87.6 cm³/mol. The van der Waals surface area contributed by atoms with E-state index in [4.69, 9.17) is 4.74 Å². The number of carbonyl (C=O) groups is 1. The molecule has 2 aliphatic heterocycles. The first-order valence-corrected chi connectivity index (χ1v) is 8.68. The van der Waals surface area contributed by atoms with Crippen molar-refractivity contribution in [2.45, 2.75) is 58.0 Å². The minimum absolute atomic E-state index is 0.0365. The van der Waals surface area contributed by atoms with Gasteiger partial charge in [-0.3, -0.25) is 9.69 Å². The number of hydrogen-bond acceptors (Lipinski definition) is 3. The number of carbonyl (C=O) groups excluding carboxylic acids is 1. The molecule has 0 amide bonds. The van der Waals surface area contributed by atoms with E-state index < -0.39 is 0 Å². The Hall–Kier alpha value is -1.35. The number of rotatable bonds is 6. The van der Waals surface area contributed by atoms with Gasteiger partial charge in [0.05, 0.1) is 12.0 Å². The molecule has 3 nitrogen and oxygen atoms in total. The summed E-state index contributed by atoms with van der Waals surface area (Å²) in [6.07, 6.45) is 5.33. The molecular weight excluding hydrogens is 274 g/mol. The van der Waals surface area contributed by atoms with E-state index in [-0.39, 0.29) is 11.4 Å². The molecular formula is C19H27NO2. The van der Waals surface area contributed by atoms with Crippen LogP contribution in [0.5, 0.6) is 0 Å². The highest BCUT2D eigenvalue weighted by molar-refractivity contribution is 5.78. The molecule has 2 heterocycles. The van der Waals surface area contributed by atoms with E-state index in [1.807, 2.05) is 6.92 Å².